The van der Waals surface area contributed by atoms with E-state index < -0.39 is 18.6 Å². The average Bonchev–Trinajstić information content (AvgIpc) is 2.22. The van der Waals surface area contributed by atoms with Crippen LogP contribution < -0.4 is 4.74 Å². The van der Waals surface area contributed by atoms with Gasteiger partial charge in [0, 0.05) is 10.9 Å². The van der Waals surface area contributed by atoms with E-state index in [-0.39, 0.29) is 18.6 Å². The third-order valence-corrected chi connectivity index (χ3v) is 2.70. The van der Waals surface area contributed by atoms with Crippen LogP contribution in [0.15, 0.2) is 22.7 Å². The number of carboxylic acid groups (broad SMARTS) is 1. The molecule has 0 aliphatic carbocycles. The highest BCUT2D eigenvalue weighted by molar-refractivity contribution is 9.10. The van der Waals surface area contributed by atoms with Crippen LogP contribution >= 0.6 is 15.9 Å². The van der Waals surface area contributed by atoms with Crippen LogP contribution in [-0.4, -0.2) is 23.9 Å². The van der Waals surface area contributed by atoms with Crippen molar-refractivity contribution in [3.63, 3.8) is 0 Å². The van der Waals surface area contributed by atoms with Gasteiger partial charge in [0.2, 0.25) is 0 Å². The van der Waals surface area contributed by atoms with Crippen LogP contribution in [0.1, 0.15) is 23.2 Å². The lowest BCUT2D eigenvalue weighted by Crippen LogP contribution is -2.09. The van der Waals surface area contributed by atoms with E-state index in [9.17, 15) is 18.0 Å². The second-order valence-electron chi connectivity index (χ2n) is 3.51. The molecule has 0 aromatic heterocycles. The quantitative estimate of drug-likeness (QED) is 0.835. The molecule has 1 rings (SSSR count). The summed E-state index contributed by atoms with van der Waals surface area (Å²) in [6.45, 7) is -0.0711. The molecule has 3 nitrogen and oxygen atoms in total. The zero-order valence-corrected chi connectivity index (χ0v) is 10.7. The summed E-state index contributed by atoms with van der Waals surface area (Å²) in [7, 11) is 0. The van der Waals surface area contributed by atoms with Crippen molar-refractivity contribution in [2.24, 2.45) is 0 Å². The number of hydrogen-bond donors (Lipinski definition) is 1. The number of carboxylic acids is 1. The minimum Gasteiger partial charge on any atom is -0.494 e. The first kappa shape index (κ1) is 14.8. The molecule has 0 unspecified atom stereocenters. The maximum atomic E-state index is 11.9. The highest BCUT2D eigenvalue weighted by Gasteiger charge is 2.26. The fraction of sp³-hybridized carbons (Fsp3) is 0.364. The largest absolute Gasteiger partial charge is 0.494 e. The Kier molecular flexibility index (Phi) is 5.01. The second-order valence-corrected chi connectivity index (χ2v) is 4.37. The number of rotatable bonds is 5. The lowest BCUT2D eigenvalue weighted by Gasteiger charge is -2.09. The Morgan fingerprint density at radius 1 is 1.39 bits per heavy atom. The lowest BCUT2D eigenvalue weighted by atomic mass is 10.2. The molecule has 0 saturated heterocycles. The molecule has 0 aliphatic rings. The smallest absolute Gasteiger partial charge is 0.389 e. The van der Waals surface area contributed by atoms with E-state index in [4.69, 9.17) is 9.84 Å². The van der Waals surface area contributed by atoms with E-state index in [0.29, 0.717) is 10.2 Å². The SMILES string of the molecule is O=C(O)c1ccc(OCCCC(F)(F)F)cc1Br. The van der Waals surface area contributed by atoms with E-state index in [1.165, 1.54) is 18.2 Å². The molecular weight excluding hydrogens is 317 g/mol. The average molecular weight is 327 g/mol. The van der Waals surface area contributed by atoms with Crippen LogP contribution in [0.3, 0.4) is 0 Å². The molecule has 0 saturated carbocycles. The molecule has 0 radical (unpaired) electrons. The van der Waals surface area contributed by atoms with Crippen LogP contribution in [0.2, 0.25) is 0 Å². The van der Waals surface area contributed by atoms with Gasteiger partial charge in [-0.1, -0.05) is 0 Å². The molecule has 100 valence electrons. The van der Waals surface area contributed by atoms with Crippen molar-refractivity contribution in [3.05, 3.63) is 28.2 Å². The van der Waals surface area contributed by atoms with E-state index >= 15 is 0 Å². The number of benzene rings is 1. The topological polar surface area (TPSA) is 46.5 Å². The molecule has 18 heavy (non-hydrogen) atoms. The summed E-state index contributed by atoms with van der Waals surface area (Å²) in [5.41, 5.74) is 0.0673. The molecule has 0 fully saturated rings. The summed E-state index contributed by atoms with van der Waals surface area (Å²) < 4.78 is 41.0. The second kappa shape index (κ2) is 6.08. The van der Waals surface area contributed by atoms with Crippen molar-refractivity contribution in [1.82, 2.24) is 0 Å². The molecule has 0 amide bonds. The van der Waals surface area contributed by atoms with Gasteiger partial charge in [0.1, 0.15) is 5.75 Å². The van der Waals surface area contributed by atoms with Crippen molar-refractivity contribution in [3.8, 4) is 5.75 Å². The fourth-order valence-corrected chi connectivity index (χ4v) is 1.75. The number of ether oxygens (including phenoxy) is 1. The normalized spacial score (nSPS) is 11.3. The Morgan fingerprint density at radius 3 is 2.56 bits per heavy atom. The van der Waals surface area contributed by atoms with Crippen LogP contribution in [0.5, 0.6) is 5.75 Å². The predicted molar refractivity (Wildman–Crippen MR) is 61.9 cm³/mol. The minimum atomic E-state index is -4.18. The number of carbonyl (C=O) groups is 1. The fourth-order valence-electron chi connectivity index (χ4n) is 1.22. The predicted octanol–water partition coefficient (Wildman–Crippen LogP) is 3.87. The zero-order valence-electron chi connectivity index (χ0n) is 9.13. The number of alkyl halides is 3. The van der Waals surface area contributed by atoms with E-state index in [0.717, 1.165) is 0 Å². The monoisotopic (exact) mass is 326 g/mol. The van der Waals surface area contributed by atoms with E-state index in [2.05, 4.69) is 15.9 Å². The summed E-state index contributed by atoms with van der Waals surface area (Å²) in [5.74, 6) is -0.764. The van der Waals surface area contributed by atoms with Crippen molar-refractivity contribution in [2.45, 2.75) is 19.0 Å². The van der Waals surface area contributed by atoms with Gasteiger partial charge in [0.15, 0.2) is 0 Å². The summed E-state index contributed by atoms with van der Waals surface area (Å²) in [6.07, 6.45) is -5.22. The molecule has 0 bridgehead atoms. The van der Waals surface area contributed by atoms with Gasteiger partial charge in [-0.2, -0.15) is 13.2 Å². The Balaban J connectivity index is 2.49. The van der Waals surface area contributed by atoms with Crippen LogP contribution in [0, 0.1) is 0 Å². The van der Waals surface area contributed by atoms with Gasteiger partial charge in [0.05, 0.1) is 12.2 Å². The number of halogens is 4. The number of hydrogen-bond acceptors (Lipinski definition) is 2. The van der Waals surface area contributed by atoms with Crippen molar-refractivity contribution >= 4 is 21.9 Å². The molecule has 0 heterocycles. The minimum absolute atomic E-state index is 0.0673. The molecular formula is C11H10BrF3O3. The lowest BCUT2D eigenvalue weighted by molar-refractivity contribution is -0.136. The summed E-state index contributed by atoms with van der Waals surface area (Å²) >= 11 is 3.05. The molecule has 0 atom stereocenters. The molecule has 1 aromatic rings. The first-order valence-electron chi connectivity index (χ1n) is 5.02. The Morgan fingerprint density at radius 2 is 2.06 bits per heavy atom. The van der Waals surface area contributed by atoms with Crippen LogP contribution in [0.25, 0.3) is 0 Å². The van der Waals surface area contributed by atoms with Crippen LogP contribution in [-0.2, 0) is 0 Å². The summed E-state index contributed by atoms with van der Waals surface area (Å²) in [4.78, 5) is 10.7. The first-order valence-corrected chi connectivity index (χ1v) is 5.81. The van der Waals surface area contributed by atoms with Gasteiger partial charge in [0.25, 0.3) is 0 Å². The summed E-state index contributed by atoms with van der Waals surface area (Å²) in [6, 6.07) is 4.14. The molecule has 0 spiro atoms. The van der Waals surface area contributed by atoms with Gasteiger partial charge < -0.3 is 9.84 Å². The highest BCUT2D eigenvalue weighted by Crippen LogP contribution is 2.24. The molecule has 0 aliphatic heterocycles. The Bertz CT molecular complexity index is 432. The summed E-state index contributed by atoms with van der Waals surface area (Å²) in [5, 5.41) is 8.76. The Hall–Kier alpha value is -1.24. The van der Waals surface area contributed by atoms with Crippen molar-refractivity contribution in [1.29, 1.82) is 0 Å². The molecule has 1 aromatic carbocycles. The van der Waals surface area contributed by atoms with E-state index in [1.807, 2.05) is 0 Å². The molecule has 7 heteroatoms. The Labute approximate surface area is 110 Å². The zero-order chi connectivity index (χ0) is 13.8. The third-order valence-electron chi connectivity index (χ3n) is 2.04. The van der Waals surface area contributed by atoms with Gasteiger partial charge in [-0.3, -0.25) is 0 Å². The standard InChI is InChI=1S/C11H10BrF3O3/c12-9-6-7(2-3-8(9)10(16)17)18-5-1-4-11(13,14)15/h2-3,6H,1,4-5H2,(H,16,17). The number of aromatic carboxylic acids is 1. The maximum Gasteiger partial charge on any atom is 0.389 e. The van der Waals surface area contributed by atoms with Crippen LogP contribution in [0.4, 0.5) is 13.2 Å². The van der Waals surface area contributed by atoms with E-state index in [1.54, 1.807) is 0 Å². The van der Waals surface area contributed by atoms with Gasteiger partial charge in [-0.05, 0) is 40.5 Å². The van der Waals surface area contributed by atoms with Gasteiger partial charge >= 0.3 is 12.1 Å². The van der Waals surface area contributed by atoms with Crippen molar-refractivity contribution < 1.29 is 27.8 Å². The first-order chi connectivity index (χ1) is 8.29. The van der Waals surface area contributed by atoms with Gasteiger partial charge in [-0.15, -0.1) is 0 Å². The maximum absolute atomic E-state index is 11.9. The third kappa shape index (κ3) is 4.95. The molecule has 1 N–H and O–H groups in total. The highest BCUT2D eigenvalue weighted by atomic mass is 79.9. The van der Waals surface area contributed by atoms with Gasteiger partial charge in [-0.25, -0.2) is 4.79 Å². The van der Waals surface area contributed by atoms with Crippen molar-refractivity contribution in [2.75, 3.05) is 6.61 Å².